The summed E-state index contributed by atoms with van der Waals surface area (Å²) in [5, 5.41) is 2.08. The minimum absolute atomic E-state index is 0.0191. The van der Waals surface area contributed by atoms with E-state index in [1.165, 1.54) is 11.2 Å². The van der Waals surface area contributed by atoms with Crippen molar-refractivity contribution in [1.29, 1.82) is 0 Å². The first-order valence-electron chi connectivity index (χ1n) is 8.54. The van der Waals surface area contributed by atoms with Gasteiger partial charge in [0.05, 0.1) is 12.0 Å². The van der Waals surface area contributed by atoms with Crippen LogP contribution in [0.4, 0.5) is 0 Å². The van der Waals surface area contributed by atoms with Crippen molar-refractivity contribution in [2.75, 3.05) is 13.1 Å². The van der Waals surface area contributed by atoms with Crippen LogP contribution in [-0.2, 0) is 10.2 Å². The largest absolute Gasteiger partial charge is 0.472 e. The molecule has 2 aromatic heterocycles. The van der Waals surface area contributed by atoms with E-state index in [0.717, 1.165) is 38.6 Å². The van der Waals surface area contributed by atoms with E-state index in [9.17, 15) is 4.79 Å². The van der Waals surface area contributed by atoms with Gasteiger partial charge in [0, 0.05) is 30.1 Å². The van der Waals surface area contributed by atoms with Crippen LogP contribution in [0.2, 0.25) is 0 Å². The molecule has 1 aliphatic carbocycles. The summed E-state index contributed by atoms with van der Waals surface area (Å²) in [6.45, 7) is 1.41. The van der Waals surface area contributed by atoms with Gasteiger partial charge in [-0.3, -0.25) is 4.79 Å². The number of amides is 1. The molecule has 0 radical (unpaired) electrons. The molecule has 4 rings (SSSR count). The van der Waals surface area contributed by atoms with Gasteiger partial charge in [0.15, 0.2) is 0 Å². The average Bonchev–Trinajstić information content (AvgIpc) is 3.36. The summed E-state index contributed by atoms with van der Waals surface area (Å²) in [6.07, 6.45) is 8.25. The highest BCUT2D eigenvalue weighted by Crippen LogP contribution is 2.45. The van der Waals surface area contributed by atoms with Gasteiger partial charge in [-0.25, -0.2) is 9.97 Å². The first-order chi connectivity index (χ1) is 11.8. The van der Waals surface area contributed by atoms with Gasteiger partial charge in [-0.2, -0.15) is 0 Å². The lowest BCUT2D eigenvalue weighted by Gasteiger charge is -2.31. The molecule has 1 saturated heterocycles. The number of nitrogens with zero attached hydrogens (tertiary/aromatic N) is 3. The Labute approximate surface area is 145 Å². The predicted octanol–water partition coefficient (Wildman–Crippen LogP) is 3.03. The molecular formula is C18H21N3O2S. The van der Waals surface area contributed by atoms with Crippen molar-refractivity contribution < 1.29 is 9.53 Å². The molecule has 2 aromatic rings. The van der Waals surface area contributed by atoms with E-state index in [1.54, 1.807) is 23.6 Å². The topological polar surface area (TPSA) is 55.3 Å². The molecule has 24 heavy (non-hydrogen) atoms. The first kappa shape index (κ1) is 15.6. The number of rotatable bonds is 4. The lowest BCUT2D eigenvalue weighted by Crippen LogP contribution is -2.44. The van der Waals surface area contributed by atoms with Gasteiger partial charge < -0.3 is 9.64 Å². The van der Waals surface area contributed by atoms with Gasteiger partial charge in [0.1, 0.15) is 12.4 Å². The van der Waals surface area contributed by atoms with Gasteiger partial charge in [-0.15, -0.1) is 11.3 Å². The van der Waals surface area contributed by atoms with Gasteiger partial charge in [0.25, 0.3) is 0 Å². The highest BCUT2D eigenvalue weighted by atomic mass is 32.1. The molecule has 126 valence electrons. The zero-order chi connectivity index (χ0) is 16.4. The second-order valence-electron chi connectivity index (χ2n) is 6.59. The van der Waals surface area contributed by atoms with Crippen LogP contribution in [0.25, 0.3) is 0 Å². The van der Waals surface area contributed by atoms with Crippen LogP contribution >= 0.6 is 11.3 Å². The highest BCUT2D eigenvalue weighted by Gasteiger charge is 2.47. The van der Waals surface area contributed by atoms with E-state index in [1.807, 2.05) is 4.90 Å². The molecule has 2 fully saturated rings. The average molecular weight is 343 g/mol. The Hall–Kier alpha value is -1.95. The van der Waals surface area contributed by atoms with Gasteiger partial charge >= 0.3 is 0 Å². The Morgan fingerprint density at radius 2 is 2.21 bits per heavy atom. The second kappa shape index (κ2) is 6.51. The lowest BCUT2D eigenvalue weighted by molar-refractivity contribution is -0.136. The minimum Gasteiger partial charge on any atom is -0.472 e. The second-order valence-corrected chi connectivity index (χ2v) is 7.54. The quantitative estimate of drug-likeness (QED) is 0.856. The molecule has 0 aromatic carbocycles. The van der Waals surface area contributed by atoms with E-state index >= 15 is 0 Å². The van der Waals surface area contributed by atoms with Crippen molar-refractivity contribution in [1.82, 2.24) is 14.9 Å². The summed E-state index contributed by atoms with van der Waals surface area (Å²) in [7, 11) is 0. The van der Waals surface area contributed by atoms with Gasteiger partial charge in [-0.05, 0) is 24.3 Å². The Morgan fingerprint density at radius 1 is 1.33 bits per heavy atom. The van der Waals surface area contributed by atoms with Crippen LogP contribution in [0.5, 0.6) is 5.88 Å². The molecule has 0 spiro atoms. The van der Waals surface area contributed by atoms with Crippen molar-refractivity contribution >= 4 is 17.2 Å². The van der Waals surface area contributed by atoms with Crippen LogP contribution in [0.1, 0.15) is 37.0 Å². The first-order valence-corrected chi connectivity index (χ1v) is 9.42. The van der Waals surface area contributed by atoms with Crippen LogP contribution in [0.3, 0.4) is 0 Å². The zero-order valence-electron chi connectivity index (χ0n) is 13.6. The summed E-state index contributed by atoms with van der Waals surface area (Å²) in [5.74, 6) is 0.870. The summed E-state index contributed by atoms with van der Waals surface area (Å²) < 4.78 is 5.90. The number of aromatic nitrogens is 2. The predicted molar refractivity (Wildman–Crippen MR) is 92.1 cm³/mol. The number of carbonyl (C=O) groups excluding carboxylic acids is 1. The Kier molecular flexibility index (Phi) is 4.22. The summed E-state index contributed by atoms with van der Waals surface area (Å²) >= 11 is 1.71. The standard InChI is InChI=1S/C18H21N3O2S/c22-17(18(7-1-2-8-18)15-4-3-11-24-15)21-10-6-14(12-21)23-16-5-9-19-13-20-16/h3-5,9,11,13-14H,1-2,6-8,10,12H2/t14-/m0/s1. The highest BCUT2D eigenvalue weighted by molar-refractivity contribution is 7.10. The minimum atomic E-state index is -0.294. The SMILES string of the molecule is O=C(N1CC[C@H](Oc2ccncn2)C1)C1(c2cccs2)CCCC1. The van der Waals surface area contributed by atoms with Crippen LogP contribution in [0, 0.1) is 0 Å². The molecule has 5 nitrogen and oxygen atoms in total. The smallest absolute Gasteiger partial charge is 0.234 e. The number of carbonyl (C=O) groups is 1. The molecule has 1 saturated carbocycles. The molecular weight excluding hydrogens is 322 g/mol. The van der Waals surface area contributed by atoms with E-state index in [-0.39, 0.29) is 17.4 Å². The molecule has 6 heteroatoms. The Morgan fingerprint density at radius 3 is 2.92 bits per heavy atom. The molecule has 1 atom stereocenters. The fourth-order valence-electron chi connectivity index (χ4n) is 3.93. The summed E-state index contributed by atoms with van der Waals surface area (Å²) in [4.78, 5) is 24.5. The molecule has 3 heterocycles. The fraction of sp³-hybridized carbons (Fsp3) is 0.500. The lowest BCUT2D eigenvalue weighted by atomic mass is 9.83. The van der Waals surface area contributed by atoms with Crippen molar-refractivity contribution in [2.24, 2.45) is 0 Å². The van der Waals surface area contributed by atoms with Gasteiger partial charge in [-0.1, -0.05) is 18.9 Å². The maximum atomic E-state index is 13.3. The number of thiophene rings is 1. The van der Waals surface area contributed by atoms with Crippen LogP contribution in [-0.4, -0.2) is 40.0 Å². The van der Waals surface area contributed by atoms with E-state index < -0.39 is 0 Å². The third-order valence-electron chi connectivity index (χ3n) is 5.13. The maximum absolute atomic E-state index is 13.3. The van der Waals surface area contributed by atoms with Crippen molar-refractivity contribution in [2.45, 2.75) is 43.6 Å². The third kappa shape index (κ3) is 2.79. The normalized spacial score (nSPS) is 22.7. The van der Waals surface area contributed by atoms with Gasteiger partial charge in [0.2, 0.25) is 11.8 Å². The maximum Gasteiger partial charge on any atom is 0.234 e. The molecule has 1 aliphatic heterocycles. The molecule has 0 unspecified atom stereocenters. The fourth-order valence-corrected chi connectivity index (χ4v) is 4.90. The van der Waals surface area contributed by atoms with E-state index in [4.69, 9.17) is 4.74 Å². The molecule has 0 N–H and O–H groups in total. The Bertz CT molecular complexity index is 684. The number of likely N-dealkylation sites (tertiary alicyclic amines) is 1. The number of hydrogen-bond acceptors (Lipinski definition) is 5. The zero-order valence-corrected chi connectivity index (χ0v) is 14.4. The molecule has 0 bridgehead atoms. The van der Waals surface area contributed by atoms with Crippen molar-refractivity contribution in [3.63, 3.8) is 0 Å². The Balaban J connectivity index is 1.47. The summed E-state index contributed by atoms with van der Waals surface area (Å²) in [6, 6.07) is 5.94. The van der Waals surface area contributed by atoms with Crippen molar-refractivity contribution in [3.05, 3.63) is 41.0 Å². The third-order valence-corrected chi connectivity index (χ3v) is 6.21. The number of ether oxygens (including phenoxy) is 1. The number of hydrogen-bond donors (Lipinski definition) is 0. The monoisotopic (exact) mass is 343 g/mol. The van der Waals surface area contributed by atoms with Crippen molar-refractivity contribution in [3.8, 4) is 5.88 Å². The summed E-state index contributed by atoms with van der Waals surface area (Å²) in [5.41, 5.74) is -0.294. The van der Waals surface area contributed by atoms with E-state index in [2.05, 4.69) is 27.5 Å². The van der Waals surface area contributed by atoms with E-state index in [0.29, 0.717) is 12.4 Å². The van der Waals surface area contributed by atoms with Crippen LogP contribution < -0.4 is 4.74 Å². The molecule has 2 aliphatic rings. The molecule has 1 amide bonds. The van der Waals surface area contributed by atoms with Crippen LogP contribution in [0.15, 0.2) is 36.1 Å².